The molecule has 2 aromatic heterocycles. The molecular formula is C14H11N3O3. The fraction of sp³-hybridized carbons (Fsp3) is 0.0714. The molecule has 3 rings (SSSR count). The zero-order chi connectivity index (χ0) is 14.3. The average Bonchev–Trinajstić information content (AvgIpc) is 2.76. The summed E-state index contributed by atoms with van der Waals surface area (Å²) in [5.74, 6) is -1.22. The molecule has 2 N–H and O–H groups in total. The maximum absolute atomic E-state index is 11.9. The maximum Gasteiger partial charge on any atom is 0.354 e. The number of hydrogen-bond acceptors (Lipinski definition) is 3. The van der Waals surface area contributed by atoms with E-state index in [4.69, 9.17) is 5.11 Å². The second-order valence-electron chi connectivity index (χ2n) is 4.42. The third kappa shape index (κ3) is 1.78. The van der Waals surface area contributed by atoms with Crippen molar-refractivity contribution in [2.75, 3.05) is 0 Å². The van der Waals surface area contributed by atoms with E-state index < -0.39 is 11.5 Å². The van der Waals surface area contributed by atoms with Crippen LogP contribution in [0.15, 0.2) is 41.2 Å². The van der Waals surface area contributed by atoms with Crippen LogP contribution in [0.25, 0.3) is 16.8 Å². The van der Waals surface area contributed by atoms with Crippen molar-refractivity contribution >= 4 is 11.6 Å². The van der Waals surface area contributed by atoms with Gasteiger partial charge in [-0.15, -0.1) is 0 Å². The molecule has 3 aromatic rings. The number of hydrogen-bond donors (Lipinski definition) is 2. The first-order valence-corrected chi connectivity index (χ1v) is 5.99. The Hall–Kier alpha value is -2.89. The summed E-state index contributed by atoms with van der Waals surface area (Å²) < 4.78 is 1.25. The molecule has 0 radical (unpaired) electrons. The average molecular weight is 269 g/mol. The zero-order valence-corrected chi connectivity index (χ0v) is 10.6. The lowest BCUT2D eigenvalue weighted by atomic mass is 10.1. The Morgan fingerprint density at radius 3 is 2.65 bits per heavy atom. The van der Waals surface area contributed by atoms with Crippen molar-refractivity contribution in [3.8, 4) is 11.1 Å². The SMILES string of the molecule is Cc1[nH]n2c(=O)cc(C(=O)O)nc2c1-c1ccccc1. The lowest BCUT2D eigenvalue weighted by molar-refractivity contribution is 0.0690. The number of nitrogens with zero attached hydrogens (tertiary/aromatic N) is 2. The van der Waals surface area contributed by atoms with Gasteiger partial charge in [-0.2, -0.15) is 0 Å². The van der Waals surface area contributed by atoms with Gasteiger partial charge in [0.2, 0.25) is 0 Å². The third-order valence-electron chi connectivity index (χ3n) is 3.08. The smallest absolute Gasteiger partial charge is 0.354 e. The summed E-state index contributed by atoms with van der Waals surface area (Å²) in [5, 5.41) is 11.9. The molecule has 0 bridgehead atoms. The molecule has 0 amide bonds. The summed E-state index contributed by atoms with van der Waals surface area (Å²) in [4.78, 5) is 27.0. The first kappa shape index (κ1) is 12.2. The molecule has 0 saturated carbocycles. The van der Waals surface area contributed by atoms with Crippen LogP contribution >= 0.6 is 0 Å². The van der Waals surface area contributed by atoms with Gasteiger partial charge in [-0.25, -0.2) is 14.3 Å². The van der Waals surface area contributed by atoms with Crippen molar-refractivity contribution in [2.24, 2.45) is 0 Å². The molecule has 6 heteroatoms. The topological polar surface area (TPSA) is 87.5 Å². The first-order chi connectivity index (χ1) is 9.58. The van der Waals surface area contributed by atoms with E-state index >= 15 is 0 Å². The molecule has 0 spiro atoms. The summed E-state index contributed by atoms with van der Waals surface area (Å²) in [5.41, 5.74) is 1.97. The minimum absolute atomic E-state index is 0.258. The Kier molecular flexibility index (Phi) is 2.64. The number of carboxylic acids is 1. The predicted octanol–water partition coefficient (Wildman–Crippen LogP) is 1.70. The number of benzene rings is 1. The molecule has 0 aliphatic heterocycles. The fourth-order valence-corrected chi connectivity index (χ4v) is 2.21. The number of carboxylic acid groups (broad SMARTS) is 1. The number of aromatic carboxylic acids is 1. The fourth-order valence-electron chi connectivity index (χ4n) is 2.21. The van der Waals surface area contributed by atoms with Crippen molar-refractivity contribution in [2.45, 2.75) is 6.92 Å². The molecular weight excluding hydrogens is 258 g/mol. The Labute approximate surface area is 113 Å². The van der Waals surface area contributed by atoms with Crippen molar-refractivity contribution in [1.82, 2.24) is 14.6 Å². The maximum atomic E-state index is 11.9. The first-order valence-electron chi connectivity index (χ1n) is 5.99. The van der Waals surface area contributed by atoms with Crippen LogP contribution in [0.5, 0.6) is 0 Å². The molecule has 100 valence electrons. The van der Waals surface area contributed by atoms with Crippen LogP contribution in [0.2, 0.25) is 0 Å². The second-order valence-corrected chi connectivity index (χ2v) is 4.42. The Morgan fingerprint density at radius 2 is 2.00 bits per heavy atom. The second kappa shape index (κ2) is 4.34. The molecule has 0 saturated heterocycles. The van der Waals surface area contributed by atoms with Crippen LogP contribution in [0.4, 0.5) is 0 Å². The summed E-state index contributed by atoms with van der Waals surface area (Å²) in [6, 6.07) is 10.4. The van der Waals surface area contributed by atoms with E-state index in [2.05, 4.69) is 10.1 Å². The number of rotatable bonds is 2. The molecule has 0 unspecified atom stereocenters. The lowest BCUT2D eigenvalue weighted by Gasteiger charge is -2.00. The summed E-state index contributed by atoms with van der Waals surface area (Å²) in [7, 11) is 0. The molecule has 0 fully saturated rings. The number of aryl methyl sites for hydroxylation is 1. The summed E-state index contributed by atoms with van der Waals surface area (Å²) in [6.45, 7) is 1.82. The highest BCUT2D eigenvalue weighted by atomic mass is 16.4. The Morgan fingerprint density at radius 1 is 1.30 bits per heavy atom. The van der Waals surface area contributed by atoms with Crippen LogP contribution in [0.1, 0.15) is 16.2 Å². The van der Waals surface area contributed by atoms with E-state index in [1.165, 1.54) is 4.52 Å². The quantitative estimate of drug-likeness (QED) is 0.741. The van der Waals surface area contributed by atoms with Crippen molar-refractivity contribution in [1.29, 1.82) is 0 Å². The standard InChI is InChI=1S/C14H11N3O3/c1-8-12(9-5-3-2-4-6-9)13-15-10(14(19)20)7-11(18)17(13)16-8/h2-7,16H,1H3,(H,19,20). The molecule has 2 heterocycles. The molecule has 0 aliphatic carbocycles. The van der Waals surface area contributed by atoms with E-state index in [0.29, 0.717) is 5.65 Å². The minimum Gasteiger partial charge on any atom is -0.477 e. The molecule has 0 atom stereocenters. The predicted molar refractivity (Wildman–Crippen MR) is 72.9 cm³/mol. The van der Waals surface area contributed by atoms with Gasteiger partial charge in [0.15, 0.2) is 11.3 Å². The van der Waals surface area contributed by atoms with Crippen molar-refractivity contribution in [3.63, 3.8) is 0 Å². The van der Waals surface area contributed by atoms with Gasteiger partial charge in [-0.3, -0.25) is 9.89 Å². The number of nitrogens with one attached hydrogen (secondary N) is 1. The summed E-state index contributed by atoms with van der Waals surface area (Å²) in [6.07, 6.45) is 0. The minimum atomic E-state index is -1.22. The molecule has 6 nitrogen and oxygen atoms in total. The number of aromatic amines is 1. The van der Waals surface area contributed by atoms with Gasteiger partial charge in [0.05, 0.1) is 0 Å². The Bertz CT molecular complexity index is 862. The largest absolute Gasteiger partial charge is 0.477 e. The number of carbonyl (C=O) groups is 1. The normalized spacial score (nSPS) is 10.8. The van der Waals surface area contributed by atoms with Gasteiger partial charge >= 0.3 is 5.97 Å². The van der Waals surface area contributed by atoms with Crippen molar-refractivity contribution in [3.05, 3.63) is 58.1 Å². The monoisotopic (exact) mass is 269 g/mol. The van der Waals surface area contributed by atoms with Crippen LogP contribution in [0.3, 0.4) is 0 Å². The lowest BCUT2D eigenvalue weighted by Crippen LogP contribution is -2.17. The van der Waals surface area contributed by atoms with Gasteiger partial charge < -0.3 is 5.11 Å². The molecule has 0 aliphatic rings. The number of fused-ring (bicyclic) bond motifs is 1. The van der Waals surface area contributed by atoms with Crippen LogP contribution in [-0.4, -0.2) is 25.7 Å². The Balaban J connectivity index is 2.41. The van der Waals surface area contributed by atoms with Gasteiger partial charge in [-0.05, 0) is 12.5 Å². The highest BCUT2D eigenvalue weighted by molar-refractivity contribution is 5.87. The van der Waals surface area contributed by atoms with Crippen LogP contribution in [0, 0.1) is 6.92 Å². The van der Waals surface area contributed by atoms with E-state index in [1.807, 2.05) is 37.3 Å². The van der Waals surface area contributed by atoms with Gasteiger partial charge in [0, 0.05) is 17.3 Å². The van der Waals surface area contributed by atoms with Gasteiger partial charge in [0.25, 0.3) is 5.56 Å². The van der Waals surface area contributed by atoms with Gasteiger partial charge in [-0.1, -0.05) is 30.3 Å². The van der Waals surface area contributed by atoms with E-state index in [9.17, 15) is 9.59 Å². The van der Waals surface area contributed by atoms with Crippen LogP contribution in [-0.2, 0) is 0 Å². The molecule has 1 aromatic carbocycles. The van der Waals surface area contributed by atoms with Gasteiger partial charge in [0.1, 0.15) is 0 Å². The van der Waals surface area contributed by atoms with E-state index in [0.717, 1.165) is 22.9 Å². The van der Waals surface area contributed by atoms with E-state index in [1.54, 1.807) is 0 Å². The highest BCUT2D eigenvalue weighted by Gasteiger charge is 2.16. The highest BCUT2D eigenvalue weighted by Crippen LogP contribution is 2.25. The third-order valence-corrected chi connectivity index (χ3v) is 3.08. The summed E-state index contributed by atoms with van der Waals surface area (Å²) >= 11 is 0. The number of aromatic nitrogens is 3. The van der Waals surface area contributed by atoms with E-state index in [-0.39, 0.29) is 5.69 Å². The molecule has 20 heavy (non-hydrogen) atoms. The number of H-pyrrole nitrogens is 1. The van der Waals surface area contributed by atoms with Crippen molar-refractivity contribution < 1.29 is 9.90 Å². The zero-order valence-electron chi connectivity index (χ0n) is 10.6. The van der Waals surface area contributed by atoms with Crippen LogP contribution < -0.4 is 5.56 Å².